The Morgan fingerprint density at radius 3 is 0.897 bits per heavy atom. The van der Waals surface area contributed by atoms with Crippen LogP contribution in [0.3, 0.4) is 0 Å². The molecule has 0 spiro atoms. The van der Waals surface area contributed by atoms with Crippen LogP contribution in [0.25, 0.3) is 0 Å². The third kappa shape index (κ3) is 12.3. The average Bonchev–Trinajstić information content (AvgIpc) is 2.93. The number of aromatic hydroxyl groups is 2. The van der Waals surface area contributed by atoms with E-state index >= 15 is 0 Å². The summed E-state index contributed by atoms with van der Waals surface area (Å²) in [5, 5.41) is 22.2. The highest BCUT2D eigenvalue weighted by Gasteiger charge is 2.15. The number of hydrogen-bond donors (Lipinski definition) is 2. The molecule has 2 aromatic carbocycles. The van der Waals surface area contributed by atoms with Crippen molar-refractivity contribution in [1.29, 1.82) is 0 Å². The second kappa shape index (κ2) is 19.8. The van der Waals surface area contributed by atoms with E-state index in [1.54, 1.807) is 0 Å². The van der Waals surface area contributed by atoms with Gasteiger partial charge in [-0.2, -0.15) is 0 Å². The number of phenols is 2. The van der Waals surface area contributed by atoms with Gasteiger partial charge in [0.25, 0.3) is 0 Å². The van der Waals surface area contributed by atoms with Crippen LogP contribution in [-0.2, 0) is 25.7 Å². The number of aryl methyl sites for hydroxylation is 4. The molecule has 0 unspecified atom stereocenters. The highest BCUT2D eigenvalue weighted by Crippen LogP contribution is 2.37. The molecule has 0 aliphatic carbocycles. The maximum Gasteiger partial charge on any atom is 0.128 e. The SMILES string of the molecule is CCCCCCc1cc(Oc2cc(CCCCCC)c(O)c(CCCCCC)c2)cc(CCCCCC)c1O. The Kier molecular flexibility index (Phi) is 16.8. The molecule has 0 saturated carbocycles. The summed E-state index contributed by atoms with van der Waals surface area (Å²) in [5.41, 5.74) is 4.03. The third-order valence-corrected chi connectivity index (χ3v) is 7.92. The summed E-state index contributed by atoms with van der Waals surface area (Å²) in [7, 11) is 0. The molecule has 3 nitrogen and oxygen atoms in total. The number of rotatable bonds is 22. The van der Waals surface area contributed by atoms with Gasteiger partial charge in [-0.3, -0.25) is 0 Å². The molecule has 0 aliphatic heterocycles. The zero-order valence-corrected chi connectivity index (χ0v) is 25.8. The van der Waals surface area contributed by atoms with Crippen molar-refractivity contribution < 1.29 is 14.9 Å². The number of ether oxygens (including phenoxy) is 1. The van der Waals surface area contributed by atoms with Crippen LogP contribution in [0.5, 0.6) is 23.0 Å². The summed E-state index contributed by atoms with van der Waals surface area (Å²) in [4.78, 5) is 0. The molecule has 0 bridgehead atoms. The average molecular weight is 539 g/mol. The third-order valence-electron chi connectivity index (χ3n) is 7.92. The number of benzene rings is 2. The minimum Gasteiger partial charge on any atom is -0.507 e. The molecule has 0 radical (unpaired) electrons. The minimum atomic E-state index is 0.467. The van der Waals surface area contributed by atoms with E-state index in [2.05, 4.69) is 27.7 Å². The topological polar surface area (TPSA) is 49.7 Å². The molecule has 39 heavy (non-hydrogen) atoms. The lowest BCUT2D eigenvalue weighted by Crippen LogP contribution is -1.98. The second-order valence-corrected chi connectivity index (χ2v) is 11.5. The van der Waals surface area contributed by atoms with Crippen LogP contribution >= 0.6 is 0 Å². The summed E-state index contributed by atoms with van der Waals surface area (Å²) in [6.07, 6.45) is 22.4. The molecule has 0 amide bonds. The van der Waals surface area contributed by atoms with E-state index in [0.717, 1.165) is 85.1 Å². The summed E-state index contributed by atoms with van der Waals surface area (Å²) in [5.74, 6) is 2.55. The number of phenolic OH excluding ortho intramolecular Hbond substituents is 2. The van der Waals surface area contributed by atoms with E-state index < -0.39 is 0 Å². The fourth-order valence-corrected chi connectivity index (χ4v) is 5.44. The van der Waals surface area contributed by atoms with Crippen molar-refractivity contribution in [2.24, 2.45) is 0 Å². The van der Waals surface area contributed by atoms with Crippen molar-refractivity contribution in [3.05, 3.63) is 46.5 Å². The van der Waals surface area contributed by atoms with Crippen LogP contribution in [0, 0.1) is 0 Å². The van der Waals surface area contributed by atoms with E-state index in [1.165, 1.54) is 77.0 Å². The van der Waals surface area contributed by atoms with Crippen molar-refractivity contribution in [2.75, 3.05) is 0 Å². The molecule has 0 fully saturated rings. The normalized spacial score (nSPS) is 11.3. The molecular formula is C36H58O3. The van der Waals surface area contributed by atoms with Crippen LogP contribution in [0.2, 0.25) is 0 Å². The van der Waals surface area contributed by atoms with E-state index in [0.29, 0.717) is 11.5 Å². The van der Waals surface area contributed by atoms with Crippen molar-refractivity contribution in [2.45, 2.75) is 156 Å². The van der Waals surface area contributed by atoms with Gasteiger partial charge in [0.2, 0.25) is 0 Å². The Hall–Kier alpha value is -2.16. The maximum atomic E-state index is 11.1. The van der Waals surface area contributed by atoms with E-state index in [-0.39, 0.29) is 0 Å². The summed E-state index contributed by atoms with van der Waals surface area (Å²) >= 11 is 0. The second-order valence-electron chi connectivity index (χ2n) is 11.5. The van der Waals surface area contributed by atoms with Crippen molar-refractivity contribution >= 4 is 0 Å². The molecule has 0 aliphatic rings. The highest BCUT2D eigenvalue weighted by atomic mass is 16.5. The number of hydrogen-bond acceptors (Lipinski definition) is 3. The van der Waals surface area contributed by atoms with E-state index in [9.17, 15) is 10.2 Å². The lowest BCUT2D eigenvalue weighted by molar-refractivity contribution is 0.441. The number of unbranched alkanes of at least 4 members (excludes halogenated alkanes) is 12. The Labute approximate surface area is 240 Å². The summed E-state index contributed by atoms with van der Waals surface area (Å²) in [6.45, 7) is 8.92. The van der Waals surface area contributed by atoms with Gasteiger partial charge in [0.15, 0.2) is 0 Å². The molecule has 0 heterocycles. The Balaban J connectivity index is 2.32. The van der Waals surface area contributed by atoms with E-state index in [4.69, 9.17) is 4.74 Å². The first-order valence-corrected chi connectivity index (χ1v) is 16.4. The Morgan fingerprint density at radius 2 is 0.667 bits per heavy atom. The lowest BCUT2D eigenvalue weighted by Gasteiger charge is -2.17. The van der Waals surface area contributed by atoms with Gasteiger partial charge in [0, 0.05) is 0 Å². The zero-order valence-electron chi connectivity index (χ0n) is 25.8. The molecule has 3 heteroatoms. The quantitative estimate of drug-likeness (QED) is 0.147. The molecular weight excluding hydrogens is 480 g/mol. The predicted molar refractivity (Wildman–Crippen MR) is 168 cm³/mol. The smallest absolute Gasteiger partial charge is 0.128 e. The highest BCUT2D eigenvalue weighted by molar-refractivity contribution is 5.51. The molecule has 2 N–H and O–H groups in total. The van der Waals surface area contributed by atoms with Gasteiger partial charge in [-0.05, 0) is 97.9 Å². The van der Waals surface area contributed by atoms with Gasteiger partial charge >= 0.3 is 0 Å². The Morgan fingerprint density at radius 1 is 0.410 bits per heavy atom. The van der Waals surface area contributed by atoms with Crippen molar-refractivity contribution in [3.8, 4) is 23.0 Å². The van der Waals surface area contributed by atoms with Crippen LogP contribution in [0.1, 0.15) is 153 Å². The predicted octanol–water partition coefficient (Wildman–Crippen LogP) is 11.4. The first-order chi connectivity index (χ1) is 19.0. The minimum absolute atomic E-state index is 0.467. The van der Waals surface area contributed by atoms with E-state index in [1.807, 2.05) is 24.3 Å². The van der Waals surface area contributed by atoms with Gasteiger partial charge in [0.1, 0.15) is 23.0 Å². The van der Waals surface area contributed by atoms with Crippen molar-refractivity contribution in [1.82, 2.24) is 0 Å². The van der Waals surface area contributed by atoms with Crippen molar-refractivity contribution in [3.63, 3.8) is 0 Å². The summed E-state index contributed by atoms with van der Waals surface area (Å²) in [6, 6.07) is 8.19. The first kappa shape index (κ1) is 33.0. The fourth-order valence-electron chi connectivity index (χ4n) is 5.44. The lowest BCUT2D eigenvalue weighted by atomic mass is 9.97. The molecule has 2 rings (SSSR count). The van der Waals surface area contributed by atoms with Gasteiger partial charge < -0.3 is 14.9 Å². The fraction of sp³-hybridized carbons (Fsp3) is 0.667. The monoisotopic (exact) mass is 538 g/mol. The van der Waals surface area contributed by atoms with Crippen LogP contribution in [-0.4, -0.2) is 10.2 Å². The van der Waals surface area contributed by atoms with Crippen LogP contribution in [0.4, 0.5) is 0 Å². The molecule has 220 valence electrons. The molecule has 2 aromatic rings. The summed E-state index contributed by atoms with van der Waals surface area (Å²) < 4.78 is 6.54. The van der Waals surface area contributed by atoms with Gasteiger partial charge in [0.05, 0.1) is 0 Å². The van der Waals surface area contributed by atoms with Gasteiger partial charge in [-0.15, -0.1) is 0 Å². The van der Waals surface area contributed by atoms with Gasteiger partial charge in [-0.1, -0.05) is 105 Å². The maximum absolute atomic E-state index is 11.1. The Bertz CT molecular complexity index is 791. The largest absolute Gasteiger partial charge is 0.507 e. The first-order valence-electron chi connectivity index (χ1n) is 16.4. The van der Waals surface area contributed by atoms with Crippen LogP contribution in [0.15, 0.2) is 24.3 Å². The molecule has 0 saturated heterocycles. The molecule has 0 aromatic heterocycles. The van der Waals surface area contributed by atoms with Gasteiger partial charge in [-0.25, -0.2) is 0 Å². The standard InChI is InChI=1S/C36H58O3/c1-5-9-13-17-21-29-25-33(26-30(35(29)37)22-18-14-10-6-2)39-34-27-31(23-19-15-11-7-3)36(38)32(28-34)24-20-16-12-8-4/h25-28,37-38H,5-24H2,1-4H3. The molecule has 0 atom stereocenters. The zero-order chi connectivity index (χ0) is 28.3. The van der Waals surface area contributed by atoms with Crippen LogP contribution < -0.4 is 4.74 Å².